The molecule has 1 heterocycles. The molecule has 0 bridgehead atoms. The normalized spacial score (nSPS) is 10.3. The number of benzene rings is 1. The van der Waals surface area contributed by atoms with Gasteiger partial charge in [0.15, 0.2) is 4.77 Å². The first-order valence-corrected chi connectivity index (χ1v) is 3.87. The molecule has 0 aliphatic rings. The SMILES string of the molecule is O=Cc1ccc2[nH]c(=S)[nH]c2c1. The Labute approximate surface area is 73.4 Å². The zero-order valence-corrected chi connectivity index (χ0v) is 6.94. The third-order valence-electron chi connectivity index (χ3n) is 1.68. The van der Waals surface area contributed by atoms with Gasteiger partial charge in [0.25, 0.3) is 0 Å². The number of H-pyrrole nitrogens is 2. The van der Waals surface area contributed by atoms with E-state index in [0.29, 0.717) is 10.3 Å². The molecule has 12 heavy (non-hydrogen) atoms. The molecule has 2 N–H and O–H groups in total. The number of aromatic amines is 2. The van der Waals surface area contributed by atoms with Crippen molar-refractivity contribution in [3.63, 3.8) is 0 Å². The minimum Gasteiger partial charge on any atom is -0.331 e. The Bertz CT molecular complexity index is 483. The van der Waals surface area contributed by atoms with E-state index in [-0.39, 0.29) is 0 Å². The zero-order chi connectivity index (χ0) is 8.55. The number of imidazole rings is 1. The fourth-order valence-electron chi connectivity index (χ4n) is 1.12. The van der Waals surface area contributed by atoms with Crippen LogP contribution in [0.3, 0.4) is 0 Å². The number of fused-ring (bicyclic) bond motifs is 1. The van der Waals surface area contributed by atoms with E-state index in [2.05, 4.69) is 9.97 Å². The van der Waals surface area contributed by atoms with Crippen LogP contribution in [-0.2, 0) is 0 Å². The lowest BCUT2D eigenvalue weighted by Gasteiger charge is -1.89. The van der Waals surface area contributed by atoms with Crippen LogP contribution < -0.4 is 0 Å². The third-order valence-corrected chi connectivity index (χ3v) is 1.88. The van der Waals surface area contributed by atoms with Gasteiger partial charge < -0.3 is 9.97 Å². The quantitative estimate of drug-likeness (QED) is 0.518. The van der Waals surface area contributed by atoms with E-state index in [1.165, 1.54) is 0 Å². The molecule has 60 valence electrons. The second-order valence-corrected chi connectivity index (χ2v) is 2.91. The molecule has 0 aliphatic heterocycles. The van der Waals surface area contributed by atoms with E-state index in [4.69, 9.17) is 12.2 Å². The molecule has 0 radical (unpaired) electrons. The number of hydrogen-bond donors (Lipinski definition) is 2. The van der Waals surface area contributed by atoms with Crippen LogP contribution in [0.1, 0.15) is 10.4 Å². The van der Waals surface area contributed by atoms with Crippen LogP contribution >= 0.6 is 12.2 Å². The molecule has 4 heteroatoms. The van der Waals surface area contributed by atoms with Gasteiger partial charge in [0.1, 0.15) is 6.29 Å². The third kappa shape index (κ3) is 1.06. The summed E-state index contributed by atoms with van der Waals surface area (Å²) in [5.74, 6) is 0. The molecule has 0 saturated carbocycles. The molecule has 1 aromatic heterocycles. The van der Waals surface area contributed by atoms with Gasteiger partial charge >= 0.3 is 0 Å². The average molecular weight is 178 g/mol. The molecule has 0 amide bonds. The lowest BCUT2D eigenvalue weighted by molar-refractivity contribution is 0.112. The van der Waals surface area contributed by atoms with Crippen molar-refractivity contribution in [3.8, 4) is 0 Å². The Kier molecular flexibility index (Phi) is 1.55. The standard InChI is InChI=1S/C8H6N2OS/c11-4-5-1-2-6-7(3-5)10-8(12)9-6/h1-4H,(H2,9,10,12). The van der Waals surface area contributed by atoms with Crippen molar-refractivity contribution in [2.24, 2.45) is 0 Å². The average Bonchev–Trinajstić information content (AvgIpc) is 2.43. The van der Waals surface area contributed by atoms with Crippen LogP contribution in [-0.4, -0.2) is 16.3 Å². The highest BCUT2D eigenvalue weighted by atomic mass is 32.1. The zero-order valence-electron chi connectivity index (χ0n) is 6.13. The molecule has 3 nitrogen and oxygen atoms in total. The number of nitrogens with one attached hydrogen (secondary N) is 2. The van der Waals surface area contributed by atoms with Crippen molar-refractivity contribution in [1.82, 2.24) is 9.97 Å². The van der Waals surface area contributed by atoms with Gasteiger partial charge in [-0.15, -0.1) is 0 Å². The van der Waals surface area contributed by atoms with Crippen LogP contribution in [0, 0.1) is 4.77 Å². The maximum Gasteiger partial charge on any atom is 0.175 e. The monoisotopic (exact) mass is 178 g/mol. The van der Waals surface area contributed by atoms with Crippen molar-refractivity contribution in [1.29, 1.82) is 0 Å². The van der Waals surface area contributed by atoms with Gasteiger partial charge in [0.2, 0.25) is 0 Å². The molecule has 0 aliphatic carbocycles. The summed E-state index contributed by atoms with van der Waals surface area (Å²) in [6, 6.07) is 5.33. The van der Waals surface area contributed by atoms with E-state index < -0.39 is 0 Å². The van der Waals surface area contributed by atoms with Crippen molar-refractivity contribution in [2.45, 2.75) is 0 Å². The summed E-state index contributed by atoms with van der Waals surface area (Å²) >= 11 is 4.89. The maximum absolute atomic E-state index is 10.4. The van der Waals surface area contributed by atoms with Gasteiger partial charge in [0, 0.05) is 5.56 Å². The fourth-order valence-corrected chi connectivity index (χ4v) is 1.34. The van der Waals surface area contributed by atoms with E-state index in [1.807, 2.05) is 6.07 Å². The van der Waals surface area contributed by atoms with Gasteiger partial charge in [0.05, 0.1) is 11.0 Å². The molecule has 0 unspecified atom stereocenters. The summed E-state index contributed by atoms with van der Waals surface area (Å²) in [6.45, 7) is 0. The minimum atomic E-state index is 0.577. The van der Waals surface area contributed by atoms with E-state index >= 15 is 0 Å². The Balaban J connectivity index is 2.82. The van der Waals surface area contributed by atoms with Gasteiger partial charge in [-0.3, -0.25) is 4.79 Å². The van der Waals surface area contributed by atoms with Crippen molar-refractivity contribution >= 4 is 29.5 Å². The Hall–Kier alpha value is -1.42. The predicted octanol–water partition coefficient (Wildman–Crippen LogP) is 2.04. The van der Waals surface area contributed by atoms with E-state index in [0.717, 1.165) is 17.3 Å². The van der Waals surface area contributed by atoms with Gasteiger partial charge in [-0.25, -0.2) is 0 Å². The lowest BCUT2D eigenvalue weighted by atomic mass is 10.2. The summed E-state index contributed by atoms with van der Waals surface area (Å²) in [6.07, 6.45) is 0.809. The van der Waals surface area contributed by atoms with Crippen LogP contribution in [0.15, 0.2) is 18.2 Å². The smallest absolute Gasteiger partial charge is 0.175 e. The molecule has 0 saturated heterocycles. The first kappa shape index (κ1) is 7.24. The molecule has 1 aromatic carbocycles. The lowest BCUT2D eigenvalue weighted by Crippen LogP contribution is -1.77. The number of carbonyl (C=O) groups excluding carboxylic acids is 1. The predicted molar refractivity (Wildman–Crippen MR) is 48.9 cm³/mol. The van der Waals surface area contributed by atoms with Crippen molar-refractivity contribution in [2.75, 3.05) is 0 Å². The molecule has 0 atom stereocenters. The number of carbonyl (C=O) groups is 1. The molecule has 0 spiro atoms. The highest BCUT2D eigenvalue weighted by Gasteiger charge is 1.96. The van der Waals surface area contributed by atoms with Crippen LogP contribution in [0.25, 0.3) is 11.0 Å². The topological polar surface area (TPSA) is 48.6 Å². The van der Waals surface area contributed by atoms with Crippen LogP contribution in [0.5, 0.6) is 0 Å². The summed E-state index contributed by atoms with van der Waals surface area (Å²) in [5, 5.41) is 0. The summed E-state index contributed by atoms with van der Waals surface area (Å²) < 4.78 is 0.577. The molecule has 2 aromatic rings. The first-order chi connectivity index (χ1) is 5.79. The molecular weight excluding hydrogens is 172 g/mol. The number of hydrogen-bond acceptors (Lipinski definition) is 2. The van der Waals surface area contributed by atoms with Crippen molar-refractivity contribution in [3.05, 3.63) is 28.5 Å². The fraction of sp³-hybridized carbons (Fsp3) is 0. The van der Waals surface area contributed by atoms with Crippen LogP contribution in [0.2, 0.25) is 0 Å². The summed E-state index contributed by atoms with van der Waals surface area (Å²) in [5.41, 5.74) is 2.43. The minimum absolute atomic E-state index is 0.577. The molecule has 0 fully saturated rings. The highest BCUT2D eigenvalue weighted by Crippen LogP contribution is 2.10. The molecule has 2 rings (SSSR count). The highest BCUT2D eigenvalue weighted by molar-refractivity contribution is 7.71. The molecular formula is C8H6N2OS. The maximum atomic E-state index is 10.4. The number of aldehydes is 1. The second-order valence-electron chi connectivity index (χ2n) is 2.50. The second kappa shape index (κ2) is 2.57. The Morgan fingerprint density at radius 3 is 2.75 bits per heavy atom. The summed E-state index contributed by atoms with van der Waals surface area (Å²) in [4.78, 5) is 16.3. The largest absolute Gasteiger partial charge is 0.331 e. The van der Waals surface area contributed by atoms with Gasteiger partial charge in [-0.05, 0) is 30.4 Å². The summed E-state index contributed by atoms with van der Waals surface area (Å²) in [7, 11) is 0. The van der Waals surface area contributed by atoms with Gasteiger partial charge in [-0.2, -0.15) is 0 Å². The van der Waals surface area contributed by atoms with E-state index in [9.17, 15) is 4.79 Å². The van der Waals surface area contributed by atoms with Crippen molar-refractivity contribution < 1.29 is 4.79 Å². The Morgan fingerprint density at radius 2 is 2.00 bits per heavy atom. The van der Waals surface area contributed by atoms with Gasteiger partial charge in [-0.1, -0.05) is 0 Å². The Morgan fingerprint density at radius 1 is 1.25 bits per heavy atom. The van der Waals surface area contributed by atoms with Crippen LogP contribution in [0.4, 0.5) is 0 Å². The number of rotatable bonds is 1. The first-order valence-electron chi connectivity index (χ1n) is 3.47. The number of aromatic nitrogens is 2. The van der Waals surface area contributed by atoms with E-state index in [1.54, 1.807) is 12.1 Å².